The molecule has 2 aromatic rings. The highest BCUT2D eigenvalue weighted by Crippen LogP contribution is 2.24. The van der Waals surface area contributed by atoms with Crippen LogP contribution in [0.1, 0.15) is 60.7 Å². The van der Waals surface area contributed by atoms with Crippen LogP contribution in [0.4, 0.5) is 0 Å². The van der Waals surface area contributed by atoms with Gasteiger partial charge in [0, 0.05) is 11.1 Å². The van der Waals surface area contributed by atoms with E-state index in [0.717, 1.165) is 0 Å². The van der Waals surface area contributed by atoms with Crippen molar-refractivity contribution >= 4 is 11.8 Å². The number of ketones is 1. The number of benzene rings is 2. The number of carbonyl (C=O) groups is 2. The van der Waals surface area contributed by atoms with Crippen LogP contribution in [0.15, 0.2) is 48.5 Å². The van der Waals surface area contributed by atoms with Crippen LogP contribution in [-0.4, -0.2) is 16.9 Å². The molecule has 2 aromatic carbocycles. The lowest BCUT2D eigenvalue weighted by Crippen LogP contribution is -2.28. The van der Waals surface area contributed by atoms with E-state index in [9.17, 15) is 14.7 Å². The first kappa shape index (κ1) is 16.9. The second kappa shape index (κ2) is 6.37. The van der Waals surface area contributed by atoms with Gasteiger partial charge < -0.3 is 5.11 Å². The van der Waals surface area contributed by atoms with Crippen LogP contribution in [0.25, 0.3) is 0 Å². The molecule has 2 rings (SSSR count). The summed E-state index contributed by atoms with van der Waals surface area (Å²) in [6.07, 6.45) is 0. The van der Waals surface area contributed by atoms with Gasteiger partial charge in [-0.1, -0.05) is 62.4 Å². The van der Waals surface area contributed by atoms with Gasteiger partial charge in [-0.15, -0.1) is 0 Å². The van der Waals surface area contributed by atoms with E-state index in [1.807, 2.05) is 24.3 Å². The molecule has 0 aliphatic carbocycles. The van der Waals surface area contributed by atoms with E-state index in [1.165, 1.54) is 5.56 Å². The van der Waals surface area contributed by atoms with Crippen molar-refractivity contribution in [1.82, 2.24) is 0 Å². The van der Waals surface area contributed by atoms with Gasteiger partial charge in [-0.3, -0.25) is 9.59 Å². The van der Waals surface area contributed by atoms with E-state index in [-0.39, 0.29) is 5.78 Å². The predicted molar refractivity (Wildman–Crippen MR) is 91.1 cm³/mol. The molecule has 3 heteroatoms. The average molecular weight is 310 g/mol. The van der Waals surface area contributed by atoms with Gasteiger partial charge >= 0.3 is 5.97 Å². The summed E-state index contributed by atoms with van der Waals surface area (Å²) in [5.41, 5.74) is 2.10. The summed E-state index contributed by atoms with van der Waals surface area (Å²) in [6.45, 7) is 7.52. The van der Waals surface area contributed by atoms with Gasteiger partial charge in [0.25, 0.3) is 0 Å². The fourth-order valence-electron chi connectivity index (χ4n) is 2.35. The minimum absolute atomic E-state index is 0.0556. The van der Waals surface area contributed by atoms with Crippen LogP contribution < -0.4 is 0 Å². The third kappa shape index (κ3) is 3.50. The van der Waals surface area contributed by atoms with Crippen molar-refractivity contribution in [2.24, 2.45) is 0 Å². The van der Waals surface area contributed by atoms with Crippen molar-refractivity contribution in [3.05, 3.63) is 70.8 Å². The standard InChI is InChI=1S/C20H22O3/c1-13(2)14-5-7-15(8-6-14)18(21)16-9-11-17(12-10-16)20(3,4)19(22)23/h5-13H,1-4H3,(H,22,23). The van der Waals surface area contributed by atoms with E-state index in [0.29, 0.717) is 22.6 Å². The first-order valence-electron chi connectivity index (χ1n) is 7.72. The third-order valence-electron chi connectivity index (χ3n) is 4.24. The molecule has 0 radical (unpaired) electrons. The number of hydrogen-bond acceptors (Lipinski definition) is 2. The molecule has 0 aliphatic rings. The Kier molecular flexibility index (Phi) is 4.69. The summed E-state index contributed by atoms with van der Waals surface area (Å²) in [5.74, 6) is -0.516. The van der Waals surface area contributed by atoms with Crippen LogP contribution in [0.5, 0.6) is 0 Å². The number of carboxylic acid groups (broad SMARTS) is 1. The van der Waals surface area contributed by atoms with Gasteiger partial charge in [-0.25, -0.2) is 0 Å². The van der Waals surface area contributed by atoms with Gasteiger partial charge in [0.1, 0.15) is 0 Å². The molecule has 0 saturated carbocycles. The molecular formula is C20H22O3. The molecule has 3 nitrogen and oxygen atoms in total. The Labute approximate surface area is 137 Å². The summed E-state index contributed by atoms with van der Waals surface area (Å²) in [5, 5.41) is 9.25. The monoisotopic (exact) mass is 310 g/mol. The molecule has 0 saturated heterocycles. The molecule has 0 bridgehead atoms. The Hall–Kier alpha value is -2.42. The molecular weight excluding hydrogens is 288 g/mol. The second-order valence-corrected chi connectivity index (χ2v) is 6.61. The van der Waals surface area contributed by atoms with Gasteiger partial charge in [-0.2, -0.15) is 0 Å². The van der Waals surface area contributed by atoms with Crippen molar-refractivity contribution < 1.29 is 14.7 Å². The van der Waals surface area contributed by atoms with Crippen molar-refractivity contribution in [2.75, 3.05) is 0 Å². The summed E-state index contributed by atoms with van der Waals surface area (Å²) in [7, 11) is 0. The molecule has 0 heterocycles. The fourth-order valence-corrected chi connectivity index (χ4v) is 2.35. The quantitative estimate of drug-likeness (QED) is 0.833. The predicted octanol–water partition coefficient (Wildman–Crippen LogP) is 4.40. The van der Waals surface area contributed by atoms with Gasteiger partial charge in [0.2, 0.25) is 0 Å². The maximum atomic E-state index is 12.5. The maximum Gasteiger partial charge on any atom is 0.313 e. The Balaban J connectivity index is 2.25. The van der Waals surface area contributed by atoms with E-state index < -0.39 is 11.4 Å². The van der Waals surface area contributed by atoms with E-state index >= 15 is 0 Å². The second-order valence-electron chi connectivity index (χ2n) is 6.61. The van der Waals surface area contributed by atoms with Crippen LogP contribution in [0, 0.1) is 0 Å². The third-order valence-corrected chi connectivity index (χ3v) is 4.24. The topological polar surface area (TPSA) is 54.4 Å². The van der Waals surface area contributed by atoms with Crippen molar-refractivity contribution in [3.63, 3.8) is 0 Å². The SMILES string of the molecule is CC(C)c1ccc(C(=O)c2ccc(C(C)(C)C(=O)O)cc2)cc1. The van der Waals surface area contributed by atoms with Crippen LogP contribution in [-0.2, 0) is 10.2 Å². The minimum atomic E-state index is -0.972. The molecule has 0 spiro atoms. The number of carbonyl (C=O) groups excluding carboxylic acids is 1. The fraction of sp³-hybridized carbons (Fsp3) is 0.300. The molecule has 0 atom stereocenters. The Morgan fingerprint density at radius 1 is 0.870 bits per heavy atom. The van der Waals surface area contributed by atoms with Crippen LogP contribution in [0.2, 0.25) is 0 Å². The molecule has 0 unspecified atom stereocenters. The molecule has 23 heavy (non-hydrogen) atoms. The van der Waals surface area contributed by atoms with E-state index in [2.05, 4.69) is 13.8 Å². The lowest BCUT2D eigenvalue weighted by atomic mass is 9.84. The zero-order chi connectivity index (χ0) is 17.2. The van der Waals surface area contributed by atoms with Crippen molar-refractivity contribution in [1.29, 1.82) is 0 Å². The number of hydrogen-bond donors (Lipinski definition) is 1. The van der Waals surface area contributed by atoms with Crippen molar-refractivity contribution in [2.45, 2.75) is 39.0 Å². The molecule has 0 amide bonds. The lowest BCUT2D eigenvalue weighted by molar-refractivity contribution is -0.142. The summed E-state index contributed by atoms with van der Waals surface area (Å²) < 4.78 is 0. The van der Waals surface area contributed by atoms with E-state index in [4.69, 9.17) is 0 Å². The number of rotatable bonds is 5. The highest BCUT2D eigenvalue weighted by Gasteiger charge is 2.29. The van der Waals surface area contributed by atoms with Gasteiger partial charge in [0.15, 0.2) is 5.78 Å². The van der Waals surface area contributed by atoms with Crippen LogP contribution >= 0.6 is 0 Å². The minimum Gasteiger partial charge on any atom is -0.481 e. The lowest BCUT2D eigenvalue weighted by Gasteiger charge is -2.19. The molecule has 0 aliphatic heterocycles. The summed E-state index contributed by atoms with van der Waals surface area (Å²) >= 11 is 0. The van der Waals surface area contributed by atoms with Gasteiger partial charge in [0.05, 0.1) is 5.41 Å². The molecule has 0 aromatic heterocycles. The van der Waals surface area contributed by atoms with E-state index in [1.54, 1.807) is 38.1 Å². The van der Waals surface area contributed by atoms with Gasteiger partial charge in [-0.05, 0) is 30.9 Å². The first-order valence-corrected chi connectivity index (χ1v) is 7.72. The maximum absolute atomic E-state index is 12.5. The summed E-state index contributed by atoms with van der Waals surface area (Å²) in [6, 6.07) is 14.4. The normalized spacial score (nSPS) is 11.5. The van der Waals surface area contributed by atoms with Crippen LogP contribution in [0.3, 0.4) is 0 Å². The first-order chi connectivity index (χ1) is 10.7. The highest BCUT2D eigenvalue weighted by molar-refractivity contribution is 6.09. The Morgan fingerprint density at radius 3 is 1.70 bits per heavy atom. The number of carboxylic acids is 1. The summed E-state index contributed by atoms with van der Waals surface area (Å²) in [4.78, 5) is 23.8. The molecule has 1 N–H and O–H groups in total. The highest BCUT2D eigenvalue weighted by atomic mass is 16.4. The zero-order valence-electron chi connectivity index (χ0n) is 14.0. The molecule has 0 fully saturated rings. The Bertz CT molecular complexity index is 708. The average Bonchev–Trinajstić information content (AvgIpc) is 2.54. The molecule has 120 valence electrons. The van der Waals surface area contributed by atoms with Crippen molar-refractivity contribution in [3.8, 4) is 0 Å². The largest absolute Gasteiger partial charge is 0.481 e. The smallest absolute Gasteiger partial charge is 0.313 e. The Morgan fingerprint density at radius 2 is 1.30 bits per heavy atom. The number of aliphatic carboxylic acids is 1. The zero-order valence-corrected chi connectivity index (χ0v) is 14.0.